The van der Waals surface area contributed by atoms with E-state index in [9.17, 15) is 9.59 Å². The molecule has 0 bridgehead atoms. The minimum Gasteiger partial charge on any atom is -0.481 e. The summed E-state index contributed by atoms with van der Waals surface area (Å²) >= 11 is 0. The molecule has 1 aromatic heterocycles. The van der Waals surface area contributed by atoms with Crippen molar-refractivity contribution in [3.63, 3.8) is 0 Å². The van der Waals surface area contributed by atoms with Gasteiger partial charge in [-0.3, -0.25) is 14.6 Å². The number of nitrogens with one attached hydrogen (secondary N) is 1. The summed E-state index contributed by atoms with van der Waals surface area (Å²) in [5.74, 6) is -0.327. The van der Waals surface area contributed by atoms with E-state index >= 15 is 0 Å². The third kappa shape index (κ3) is 4.53. The van der Waals surface area contributed by atoms with Crippen LogP contribution in [-0.2, 0) is 16.0 Å². The molecule has 0 aliphatic heterocycles. The van der Waals surface area contributed by atoms with Crippen molar-refractivity contribution >= 4 is 17.6 Å². The third-order valence-corrected chi connectivity index (χ3v) is 3.98. The number of carbonyl (C=O) groups is 2. The van der Waals surface area contributed by atoms with Gasteiger partial charge in [-0.1, -0.05) is 0 Å². The summed E-state index contributed by atoms with van der Waals surface area (Å²) in [5.41, 5.74) is 6.73. The van der Waals surface area contributed by atoms with E-state index in [0.29, 0.717) is 23.8 Å². The molecule has 21 heavy (non-hydrogen) atoms. The van der Waals surface area contributed by atoms with E-state index in [1.165, 1.54) is 6.20 Å². The lowest BCUT2D eigenvalue weighted by molar-refractivity contribution is -0.136. The summed E-state index contributed by atoms with van der Waals surface area (Å²) in [6, 6.07) is 3.31. The number of carboxylic acid groups (broad SMARTS) is 1. The van der Waals surface area contributed by atoms with Crippen LogP contribution in [0.1, 0.15) is 31.4 Å². The average Bonchev–Trinajstić information content (AvgIpc) is 2.49. The van der Waals surface area contributed by atoms with E-state index in [-0.39, 0.29) is 18.2 Å². The van der Waals surface area contributed by atoms with Crippen LogP contribution in [0.15, 0.2) is 18.3 Å². The molecule has 114 valence electrons. The Labute approximate surface area is 123 Å². The Balaban J connectivity index is 1.86. The van der Waals surface area contributed by atoms with Gasteiger partial charge in [0.05, 0.1) is 24.0 Å². The van der Waals surface area contributed by atoms with Crippen LogP contribution in [0.4, 0.5) is 5.69 Å². The number of nitrogens with two attached hydrogens (primary N) is 1. The van der Waals surface area contributed by atoms with Crippen LogP contribution in [0.3, 0.4) is 0 Å². The highest BCUT2D eigenvalue weighted by Gasteiger charge is 2.25. The van der Waals surface area contributed by atoms with Crippen LogP contribution in [0.25, 0.3) is 0 Å². The van der Waals surface area contributed by atoms with Gasteiger partial charge in [-0.25, -0.2) is 0 Å². The Morgan fingerprint density at radius 2 is 2.00 bits per heavy atom. The minimum atomic E-state index is -0.920. The minimum absolute atomic E-state index is 0.0123. The maximum Gasteiger partial charge on any atom is 0.309 e. The fourth-order valence-corrected chi connectivity index (χ4v) is 2.66. The van der Waals surface area contributed by atoms with Crippen LogP contribution < -0.4 is 11.1 Å². The molecule has 1 amide bonds. The topological polar surface area (TPSA) is 105 Å². The highest BCUT2D eigenvalue weighted by atomic mass is 16.4. The van der Waals surface area contributed by atoms with Crippen molar-refractivity contribution in [2.75, 3.05) is 11.9 Å². The summed E-state index contributed by atoms with van der Waals surface area (Å²) in [6.45, 7) is 0.698. The van der Waals surface area contributed by atoms with E-state index in [1.807, 2.05) is 0 Å². The molecule has 1 heterocycles. The number of carbonyl (C=O) groups excluding carboxylic acids is 1. The van der Waals surface area contributed by atoms with Crippen molar-refractivity contribution in [2.24, 2.45) is 17.6 Å². The number of carboxylic acids is 1. The number of anilines is 1. The monoisotopic (exact) mass is 291 g/mol. The van der Waals surface area contributed by atoms with E-state index < -0.39 is 5.97 Å². The predicted molar refractivity (Wildman–Crippen MR) is 78.7 cm³/mol. The molecule has 2 rings (SSSR count). The van der Waals surface area contributed by atoms with Gasteiger partial charge < -0.3 is 16.2 Å². The summed E-state index contributed by atoms with van der Waals surface area (Å²) in [7, 11) is 0. The number of hydrogen-bond donors (Lipinski definition) is 3. The first-order chi connectivity index (χ1) is 10.1. The molecule has 1 aliphatic rings. The van der Waals surface area contributed by atoms with Gasteiger partial charge in [0.2, 0.25) is 5.91 Å². The lowest BCUT2D eigenvalue weighted by atomic mass is 9.81. The smallest absolute Gasteiger partial charge is 0.309 e. The number of pyridine rings is 1. The molecule has 0 saturated heterocycles. The summed E-state index contributed by atoms with van der Waals surface area (Å²) in [6.07, 6.45) is 5.14. The lowest BCUT2D eigenvalue weighted by Crippen LogP contribution is -2.29. The SMILES string of the molecule is NCC1CCC(C(=O)Nc2ccc(CC(=O)O)nc2)CC1. The van der Waals surface area contributed by atoms with Crippen LogP contribution in [0.5, 0.6) is 0 Å². The first-order valence-electron chi connectivity index (χ1n) is 7.26. The maximum absolute atomic E-state index is 12.2. The van der Waals surface area contributed by atoms with E-state index in [1.54, 1.807) is 12.1 Å². The second-order valence-electron chi connectivity index (χ2n) is 5.55. The highest BCUT2D eigenvalue weighted by Crippen LogP contribution is 2.28. The van der Waals surface area contributed by atoms with E-state index in [2.05, 4.69) is 10.3 Å². The fraction of sp³-hybridized carbons (Fsp3) is 0.533. The second-order valence-corrected chi connectivity index (χ2v) is 5.55. The number of rotatable bonds is 5. The normalized spacial score (nSPS) is 21.8. The molecule has 0 radical (unpaired) electrons. The molecule has 6 heteroatoms. The van der Waals surface area contributed by atoms with Crippen molar-refractivity contribution < 1.29 is 14.7 Å². The summed E-state index contributed by atoms with van der Waals surface area (Å²) < 4.78 is 0. The number of amides is 1. The van der Waals surface area contributed by atoms with Crippen LogP contribution in [-0.4, -0.2) is 28.5 Å². The van der Waals surface area contributed by atoms with Gasteiger partial charge in [-0.05, 0) is 50.3 Å². The number of hydrogen-bond acceptors (Lipinski definition) is 4. The molecule has 0 aromatic carbocycles. The number of aromatic nitrogens is 1. The van der Waals surface area contributed by atoms with Gasteiger partial charge in [0, 0.05) is 5.92 Å². The zero-order chi connectivity index (χ0) is 15.2. The van der Waals surface area contributed by atoms with Crippen LogP contribution >= 0.6 is 0 Å². The Morgan fingerprint density at radius 1 is 1.29 bits per heavy atom. The molecule has 1 saturated carbocycles. The molecular formula is C15H21N3O3. The zero-order valence-corrected chi connectivity index (χ0v) is 11.9. The van der Waals surface area contributed by atoms with Crippen LogP contribution in [0, 0.1) is 11.8 Å². The Morgan fingerprint density at radius 3 is 2.52 bits per heavy atom. The number of nitrogens with zero attached hydrogens (tertiary/aromatic N) is 1. The Kier molecular flexibility index (Phi) is 5.27. The van der Waals surface area contributed by atoms with Crippen molar-refractivity contribution in [2.45, 2.75) is 32.1 Å². The van der Waals surface area contributed by atoms with Gasteiger partial charge >= 0.3 is 5.97 Å². The first-order valence-corrected chi connectivity index (χ1v) is 7.26. The zero-order valence-electron chi connectivity index (χ0n) is 11.9. The van der Waals surface area contributed by atoms with E-state index in [4.69, 9.17) is 10.8 Å². The lowest BCUT2D eigenvalue weighted by Gasteiger charge is -2.26. The fourth-order valence-electron chi connectivity index (χ4n) is 2.66. The van der Waals surface area contributed by atoms with Crippen molar-refractivity contribution in [1.29, 1.82) is 0 Å². The molecule has 1 fully saturated rings. The molecule has 1 aromatic rings. The molecule has 0 atom stereocenters. The molecule has 6 nitrogen and oxygen atoms in total. The summed E-state index contributed by atoms with van der Waals surface area (Å²) in [4.78, 5) is 26.8. The molecule has 0 unspecified atom stereocenters. The largest absolute Gasteiger partial charge is 0.481 e. The average molecular weight is 291 g/mol. The Bertz CT molecular complexity index is 493. The molecule has 4 N–H and O–H groups in total. The quantitative estimate of drug-likeness (QED) is 0.760. The summed E-state index contributed by atoms with van der Waals surface area (Å²) in [5, 5.41) is 11.5. The van der Waals surface area contributed by atoms with Crippen molar-refractivity contribution in [1.82, 2.24) is 4.98 Å². The standard InChI is InChI=1S/C15H21N3O3/c16-8-10-1-3-11(4-2-10)15(21)18-13-6-5-12(17-9-13)7-14(19)20/h5-6,9-11H,1-4,7-8,16H2,(H,18,21)(H,19,20). The predicted octanol–water partition coefficient (Wildman–Crippen LogP) is 1.41. The first kappa shape index (κ1) is 15.4. The van der Waals surface area contributed by atoms with Gasteiger partial charge in [-0.15, -0.1) is 0 Å². The van der Waals surface area contributed by atoms with Gasteiger partial charge in [0.15, 0.2) is 0 Å². The van der Waals surface area contributed by atoms with Crippen molar-refractivity contribution in [3.8, 4) is 0 Å². The third-order valence-electron chi connectivity index (χ3n) is 3.98. The van der Waals surface area contributed by atoms with Gasteiger partial charge in [0.25, 0.3) is 0 Å². The van der Waals surface area contributed by atoms with Crippen molar-refractivity contribution in [3.05, 3.63) is 24.0 Å². The highest BCUT2D eigenvalue weighted by molar-refractivity contribution is 5.92. The van der Waals surface area contributed by atoms with Gasteiger partial charge in [-0.2, -0.15) is 0 Å². The second kappa shape index (κ2) is 7.17. The molecule has 1 aliphatic carbocycles. The number of aliphatic carboxylic acids is 1. The van der Waals surface area contributed by atoms with Gasteiger partial charge in [0.1, 0.15) is 0 Å². The molecular weight excluding hydrogens is 270 g/mol. The Hall–Kier alpha value is -1.95. The van der Waals surface area contributed by atoms with E-state index in [0.717, 1.165) is 25.7 Å². The maximum atomic E-state index is 12.2. The van der Waals surface area contributed by atoms with Crippen LogP contribution in [0.2, 0.25) is 0 Å². The molecule has 0 spiro atoms.